The summed E-state index contributed by atoms with van der Waals surface area (Å²) in [7, 11) is 0. The molecule has 1 saturated heterocycles. The second-order valence-corrected chi connectivity index (χ2v) is 9.10. The number of imide groups is 1. The quantitative estimate of drug-likeness (QED) is 0.349. The van der Waals surface area contributed by atoms with Gasteiger partial charge in [-0.2, -0.15) is 0 Å². The lowest BCUT2D eigenvalue weighted by Crippen LogP contribution is -2.38. The number of fused-ring (bicyclic) bond motifs is 10. The minimum Gasteiger partial charge on any atom is -0.505 e. The monoisotopic (exact) mass is 472 g/mol. The van der Waals surface area contributed by atoms with Gasteiger partial charge in [0.2, 0.25) is 0 Å². The van der Waals surface area contributed by atoms with Crippen LogP contribution in [-0.2, 0) is 11.3 Å². The number of hydrogen-bond donors (Lipinski definition) is 3. The van der Waals surface area contributed by atoms with E-state index < -0.39 is 23.4 Å². The smallest absolute Gasteiger partial charge is 0.259 e. The molecular weight excluding hydrogens is 451 g/mol. The number of para-hydroxylation sites is 1. The number of rotatable bonds is 3. The SMILES string of the molecule is O=C1NC(=O)c2c1c1c3ccccc3[nH]c1c1c2c2cc(F)c(O)cc2n1CCN1CCOCC1. The van der Waals surface area contributed by atoms with Crippen LogP contribution in [-0.4, -0.2) is 64.2 Å². The minimum atomic E-state index is -0.778. The summed E-state index contributed by atoms with van der Waals surface area (Å²) in [6.45, 7) is 4.22. The molecule has 176 valence electrons. The van der Waals surface area contributed by atoms with Gasteiger partial charge in [-0.15, -0.1) is 0 Å². The van der Waals surface area contributed by atoms with Crippen molar-refractivity contribution in [2.45, 2.75) is 6.54 Å². The Labute approximate surface area is 197 Å². The first-order valence-electron chi connectivity index (χ1n) is 11.6. The molecule has 1 fully saturated rings. The number of benzene rings is 3. The zero-order chi connectivity index (χ0) is 23.8. The largest absolute Gasteiger partial charge is 0.505 e. The van der Waals surface area contributed by atoms with E-state index in [0.29, 0.717) is 64.6 Å². The number of phenolic OH excluding ortho intramolecular Hbond substituents is 1. The van der Waals surface area contributed by atoms with Crippen molar-refractivity contribution in [2.75, 3.05) is 32.8 Å². The Morgan fingerprint density at radius 1 is 0.971 bits per heavy atom. The lowest BCUT2D eigenvalue weighted by Gasteiger charge is -2.27. The van der Waals surface area contributed by atoms with Crippen LogP contribution in [0.25, 0.3) is 43.6 Å². The summed E-state index contributed by atoms with van der Waals surface area (Å²) in [5, 5.41) is 15.2. The summed E-state index contributed by atoms with van der Waals surface area (Å²) >= 11 is 0. The molecule has 3 aromatic carbocycles. The van der Waals surface area contributed by atoms with Crippen LogP contribution in [0.4, 0.5) is 4.39 Å². The number of halogens is 1. The van der Waals surface area contributed by atoms with Gasteiger partial charge in [0, 0.05) is 59.3 Å². The van der Waals surface area contributed by atoms with Crippen molar-refractivity contribution in [3.63, 3.8) is 0 Å². The number of aromatic hydroxyl groups is 1. The highest BCUT2D eigenvalue weighted by molar-refractivity contribution is 6.39. The number of hydrogen-bond acceptors (Lipinski definition) is 5. The number of H-pyrrole nitrogens is 1. The van der Waals surface area contributed by atoms with Crippen LogP contribution in [0.3, 0.4) is 0 Å². The number of nitrogens with one attached hydrogen (secondary N) is 2. The average Bonchev–Trinajstić information content (AvgIpc) is 3.48. The van der Waals surface area contributed by atoms with Crippen LogP contribution in [0.5, 0.6) is 5.75 Å². The Balaban J connectivity index is 1.63. The van der Waals surface area contributed by atoms with Crippen LogP contribution in [0.1, 0.15) is 20.7 Å². The molecule has 5 aromatic rings. The van der Waals surface area contributed by atoms with Gasteiger partial charge in [-0.25, -0.2) is 4.39 Å². The number of phenols is 1. The van der Waals surface area contributed by atoms with Gasteiger partial charge in [-0.1, -0.05) is 18.2 Å². The third-order valence-corrected chi connectivity index (χ3v) is 7.25. The Hall–Kier alpha value is -3.95. The first-order chi connectivity index (χ1) is 17.0. The molecule has 9 heteroatoms. The second kappa shape index (κ2) is 7.27. The van der Waals surface area contributed by atoms with Crippen LogP contribution >= 0.6 is 0 Å². The molecule has 2 aromatic heterocycles. The zero-order valence-corrected chi connectivity index (χ0v) is 18.7. The highest BCUT2D eigenvalue weighted by atomic mass is 19.1. The van der Waals surface area contributed by atoms with Crippen molar-refractivity contribution in [2.24, 2.45) is 0 Å². The Morgan fingerprint density at radius 3 is 2.51 bits per heavy atom. The van der Waals surface area contributed by atoms with Gasteiger partial charge >= 0.3 is 0 Å². The number of carbonyl (C=O) groups is 2. The first-order valence-corrected chi connectivity index (χ1v) is 11.6. The van der Waals surface area contributed by atoms with E-state index in [1.807, 2.05) is 28.8 Å². The van der Waals surface area contributed by atoms with E-state index in [9.17, 15) is 19.1 Å². The van der Waals surface area contributed by atoms with E-state index in [4.69, 9.17) is 4.74 Å². The third kappa shape index (κ3) is 2.79. The molecule has 8 nitrogen and oxygen atoms in total. The van der Waals surface area contributed by atoms with Gasteiger partial charge in [-0.05, 0) is 12.1 Å². The van der Waals surface area contributed by atoms with E-state index in [2.05, 4.69) is 15.2 Å². The van der Waals surface area contributed by atoms with Gasteiger partial charge in [0.1, 0.15) is 0 Å². The number of amides is 2. The fourth-order valence-electron chi connectivity index (χ4n) is 5.68. The van der Waals surface area contributed by atoms with Gasteiger partial charge in [0.15, 0.2) is 11.6 Å². The molecular formula is C26H21FN4O4. The minimum absolute atomic E-state index is 0.252. The summed E-state index contributed by atoms with van der Waals surface area (Å²) in [6, 6.07) is 10.3. The number of morpholine rings is 1. The zero-order valence-electron chi connectivity index (χ0n) is 18.7. The molecule has 35 heavy (non-hydrogen) atoms. The van der Waals surface area contributed by atoms with Crippen LogP contribution < -0.4 is 5.32 Å². The highest BCUT2D eigenvalue weighted by Crippen LogP contribution is 2.44. The maximum atomic E-state index is 14.6. The molecule has 4 heterocycles. The fraction of sp³-hybridized carbons (Fsp3) is 0.231. The van der Waals surface area contributed by atoms with Crippen molar-refractivity contribution in [3.8, 4) is 5.75 Å². The summed E-state index contributed by atoms with van der Waals surface area (Å²) in [5.74, 6) is -2.20. The van der Waals surface area contributed by atoms with Gasteiger partial charge in [0.05, 0.1) is 40.9 Å². The van der Waals surface area contributed by atoms with Crippen molar-refractivity contribution in [1.29, 1.82) is 0 Å². The van der Waals surface area contributed by atoms with E-state index in [-0.39, 0.29) is 5.56 Å². The van der Waals surface area contributed by atoms with E-state index in [0.717, 1.165) is 24.0 Å². The van der Waals surface area contributed by atoms with Crippen molar-refractivity contribution >= 4 is 55.4 Å². The molecule has 0 radical (unpaired) electrons. The van der Waals surface area contributed by atoms with Gasteiger partial charge in [-0.3, -0.25) is 19.8 Å². The molecule has 0 bridgehead atoms. The summed E-state index contributed by atoms with van der Waals surface area (Å²) < 4.78 is 22.1. The summed E-state index contributed by atoms with van der Waals surface area (Å²) in [4.78, 5) is 31.8. The number of ether oxygens (including phenoxy) is 1. The molecule has 3 N–H and O–H groups in total. The maximum Gasteiger partial charge on any atom is 0.259 e. The number of aromatic nitrogens is 2. The molecule has 0 atom stereocenters. The Bertz CT molecular complexity index is 1730. The predicted molar refractivity (Wildman–Crippen MR) is 129 cm³/mol. The van der Waals surface area contributed by atoms with Crippen molar-refractivity contribution in [1.82, 2.24) is 19.8 Å². The van der Waals surface area contributed by atoms with E-state index in [1.165, 1.54) is 12.1 Å². The average molecular weight is 472 g/mol. The van der Waals surface area contributed by atoms with E-state index in [1.54, 1.807) is 0 Å². The second-order valence-electron chi connectivity index (χ2n) is 9.10. The number of nitrogens with zero attached hydrogens (tertiary/aromatic N) is 2. The normalized spacial score (nSPS) is 16.7. The van der Waals surface area contributed by atoms with Crippen LogP contribution in [0.2, 0.25) is 0 Å². The molecule has 7 rings (SSSR count). The maximum absolute atomic E-state index is 14.6. The molecule has 0 saturated carbocycles. The van der Waals surface area contributed by atoms with Crippen molar-refractivity contribution < 1.29 is 23.8 Å². The van der Waals surface area contributed by atoms with Crippen LogP contribution in [0, 0.1) is 5.82 Å². The Kier molecular flexibility index (Phi) is 4.24. The standard InChI is InChI=1S/C26H21FN4O4/c27-15-11-14-17(12-18(15)32)31(6-5-30-7-9-35-10-8-30)24-20(14)22-21(25(33)29-26(22)34)19-13-3-1-2-4-16(13)28-23(19)24/h1-4,11-12,28,32H,5-10H2,(H,29,33,34). The summed E-state index contributed by atoms with van der Waals surface area (Å²) in [6.07, 6.45) is 0. The number of carbonyl (C=O) groups excluding carboxylic acids is 2. The van der Waals surface area contributed by atoms with Gasteiger partial charge < -0.3 is 19.4 Å². The highest BCUT2D eigenvalue weighted by Gasteiger charge is 2.36. The molecule has 0 spiro atoms. The summed E-state index contributed by atoms with van der Waals surface area (Å²) in [5.41, 5.74) is 3.42. The fourth-order valence-corrected chi connectivity index (χ4v) is 5.68. The van der Waals surface area contributed by atoms with E-state index >= 15 is 0 Å². The molecule has 0 unspecified atom stereocenters. The lowest BCUT2D eigenvalue weighted by atomic mass is 9.96. The van der Waals surface area contributed by atoms with Gasteiger partial charge in [0.25, 0.3) is 11.8 Å². The topological polar surface area (TPSA) is 99.6 Å². The molecule has 2 amide bonds. The molecule has 2 aliphatic rings. The van der Waals surface area contributed by atoms with Crippen LogP contribution in [0.15, 0.2) is 36.4 Å². The number of aromatic amines is 1. The molecule has 0 aliphatic carbocycles. The first kappa shape index (κ1) is 20.4. The lowest BCUT2D eigenvalue weighted by molar-refractivity contribution is 0.0366. The third-order valence-electron chi connectivity index (χ3n) is 7.25. The Morgan fingerprint density at radius 2 is 1.71 bits per heavy atom. The van der Waals surface area contributed by atoms with Crippen molar-refractivity contribution in [3.05, 3.63) is 53.3 Å². The predicted octanol–water partition coefficient (Wildman–Crippen LogP) is 3.49. The molecule has 2 aliphatic heterocycles.